The highest BCUT2D eigenvalue weighted by Crippen LogP contribution is 2.32. The van der Waals surface area contributed by atoms with Gasteiger partial charge in [-0.3, -0.25) is 9.59 Å². The number of sulfonamides is 1. The topological polar surface area (TPSA) is 104 Å². The van der Waals surface area contributed by atoms with E-state index in [1.54, 1.807) is 19.2 Å². The summed E-state index contributed by atoms with van der Waals surface area (Å²) in [5.41, 5.74) is 0.505. The normalized spacial score (nSPS) is 25.7. The second-order valence-corrected chi connectivity index (χ2v) is 8.96. The number of carboxylic acids is 1. The fourth-order valence-corrected chi connectivity index (χ4v) is 4.87. The molecule has 1 atom stereocenters. The molecule has 9 heteroatoms. The Morgan fingerprint density at radius 1 is 1.30 bits per heavy atom. The zero-order valence-electron chi connectivity index (χ0n) is 15.4. The molecule has 1 amide bonds. The minimum Gasteiger partial charge on any atom is -0.481 e. The highest BCUT2D eigenvalue weighted by Gasteiger charge is 2.38. The molecule has 1 N–H and O–H groups in total. The fourth-order valence-electron chi connectivity index (χ4n) is 3.49. The maximum atomic E-state index is 12.8. The monoisotopic (exact) mass is 396 g/mol. The van der Waals surface area contributed by atoms with Crippen LogP contribution in [-0.4, -0.2) is 62.1 Å². The number of carboxylic acid groups (broad SMARTS) is 1. The van der Waals surface area contributed by atoms with Crippen molar-refractivity contribution in [3.05, 3.63) is 24.3 Å². The van der Waals surface area contributed by atoms with E-state index >= 15 is 0 Å². The van der Waals surface area contributed by atoms with Crippen molar-refractivity contribution in [2.45, 2.75) is 43.2 Å². The summed E-state index contributed by atoms with van der Waals surface area (Å²) in [6.07, 6.45) is 1.44. The van der Waals surface area contributed by atoms with Crippen molar-refractivity contribution in [2.24, 2.45) is 5.92 Å². The lowest BCUT2D eigenvalue weighted by molar-refractivity contribution is -0.141. The molecule has 3 rings (SSSR count). The summed E-state index contributed by atoms with van der Waals surface area (Å²) in [6, 6.07) is 5.93. The Morgan fingerprint density at radius 2 is 1.93 bits per heavy atom. The van der Waals surface area contributed by atoms with Crippen molar-refractivity contribution in [3.8, 4) is 0 Å². The van der Waals surface area contributed by atoms with Crippen molar-refractivity contribution >= 4 is 27.6 Å². The first-order chi connectivity index (χ1) is 12.7. The number of hydrogen-bond donors (Lipinski definition) is 1. The zero-order valence-corrected chi connectivity index (χ0v) is 16.2. The zero-order chi connectivity index (χ0) is 19.8. The molecule has 1 saturated heterocycles. The number of aliphatic carboxylic acids is 1. The lowest BCUT2D eigenvalue weighted by Crippen LogP contribution is -2.48. The first kappa shape index (κ1) is 19.8. The van der Waals surface area contributed by atoms with Gasteiger partial charge in [0.05, 0.1) is 16.9 Å². The summed E-state index contributed by atoms with van der Waals surface area (Å²) in [5.74, 6) is -2.01. The van der Waals surface area contributed by atoms with Gasteiger partial charge in [0, 0.05) is 38.3 Å². The van der Waals surface area contributed by atoms with E-state index in [1.807, 2.05) is 6.92 Å². The molecular formula is C18H24N2O6S. The average molecular weight is 396 g/mol. The van der Waals surface area contributed by atoms with Gasteiger partial charge in [0.1, 0.15) is 0 Å². The third kappa shape index (κ3) is 3.85. The Balaban J connectivity index is 1.69. The van der Waals surface area contributed by atoms with Crippen molar-refractivity contribution in [2.75, 3.05) is 25.1 Å². The van der Waals surface area contributed by atoms with Crippen LogP contribution in [0.3, 0.4) is 0 Å². The van der Waals surface area contributed by atoms with Crippen LogP contribution in [0.15, 0.2) is 29.2 Å². The standard InChI is InChI=1S/C18H24N2O6S/c1-3-26-15-9-14(10-15)19(2)27(24,25)16-6-4-13(5-7-16)20-11-12(18(22)23)8-17(20)21/h4-7,12,14-15H,3,8-11H2,1-2H3,(H,22,23). The van der Waals surface area contributed by atoms with Crippen LogP contribution in [0.4, 0.5) is 5.69 Å². The highest BCUT2D eigenvalue weighted by atomic mass is 32.2. The second kappa shape index (κ2) is 7.57. The predicted molar refractivity (Wildman–Crippen MR) is 97.9 cm³/mol. The van der Waals surface area contributed by atoms with Crippen molar-refractivity contribution in [3.63, 3.8) is 0 Å². The summed E-state index contributed by atoms with van der Waals surface area (Å²) in [5, 5.41) is 9.07. The molecule has 1 heterocycles. The van der Waals surface area contributed by atoms with E-state index in [4.69, 9.17) is 9.84 Å². The quantitative estimate of drug-likeness (QED) is 0.745. The number of hydrogen-bond acceptors (Lipinski definition) is 5. The van der Waals surface area contributed by atoms with Crippen LogP contribution in [0.25, 0.3) is 0 Å². The van der Waals surface area contributed by atoms with Crippen LogP contribution in [0.2, 0.25) is 0 Å². The molecule has 1 unspecified atom stereocenters. The van der Waals surface area contributed by atoms with Gasteiger partial charge in [0.2, 0.25) is 15.9 Å². The molecule has 0 bridgehead atoms. The molecule has 0 radical (unpaired) electrons. The Bertz CT molecular complexity index is 817. The Hall–Kier alpha value is -1.97. The maximum absolute atomic E-state index is 12.8. The van der Waals surface area contributed by atoms with Crippen molar-refractivity contribution in [1.29, 1.82) is 0 Å². The van der Waals surface area contributed by atoms with Crippen molar-refractivity contribution in [1.82, 2.24) is 4.31 Å². The predicted octanol–water partition coefficient (Wildman–Crippen LogP) is 1.31. The van der Waals surface area contributed by atoms with Gasteiger partial charge >= 0.3 is 5.97 Å². The number of amides is 1. The largest absolute Gasteiger partial charge is 0.481 e. The summed E-state index contributed by atoms with van der Waals surface area (Å²) >= 11 is 0. The summed E-state index contributed by atoms with van der Waals surface area (Å²) in [6.45, 7) is 2.63. The molecule has 148 valence electrons. The molecule has 2 aliphatic rings. The third-order valence-electron chi connectivity index (χ3n) is 5.29. The van der Waals surface area contributed by atoms with Gasteiger partial charge in [-0.2, -0.15) is 4.31 Å². The van der Waals surface area contributed by atoms with Gasteiger partial charge < -0.3 is 14.7 Å². The van der Waals surface area contributed by atoms with E-state index < -0.39 is 21.9 Å². The lowest BCUT2D eigenvalue weighted by Gasteiger charge is -2.40. The van der Waals surface area contributed by atoms with E-state index in [0.717, 1.165) is 0 Å². The Labute approximate surface area is 158 Å². The maximum Gasteiger partial charge on any atom is 0.308 e. The number of benzene rings is 1. The van der Waals surface area contributed by atoms with E-state index in [-0.39, 0.29) is 35.9 Å². The molecule has 1 aliphatic carbocycles. The van der Waals surface area contributed by atoms with Gasteiger partial charge in [-0.05, 0) is 44.0 Å². The van der Waals surface area contributed by atoms with Crippen LogP contribution in [0.5, 0.6) is 0 Å². The van der Waals surface area contributed by atoms with Crippen LogP contribution in [0, 0.1) is 5.92 Å². The van der Waals surface area contributed by atoms with Crippen LogP contribution in [-0.2, 0) is 24.3 Å². The van der Waals surface area contributed by atoms with Crippen LogP contribution < -0.4 is 4.90 Å². The summed E-state index contributed by atoms with van der Waals surface area (Å²) < 4.78 is 32.5. The first-order valence-corrected chi connectivity index (χ1v) is 10.4. The minimum absolute atomic E-state index is 0.0409. The minimum atomic E-state index is -3.64. The van der Waals surface area contributed by atoms with E-state index in [9.17, 15) is 18.0 Å². The van der Waals surface area contributed by atoms with E-state index in [1.165, 1.54) is 21.3 Å². The molecule has 0 aromatic heterocycles. The van der Waals surface area contributed by atoms with Gasteiger partial charge in [0.15, 0.2) is 0 Å². The fraction of sp³-hybridized carbons (Fsp3) is 0.556. The highest BCUT2D eigenvalue weighted by molar-refractivity contribution is 7.89. The number of anilines is 1. The van der Waals surface area contributed by atoms with Gasteiger partial charge in [-0.25, -0.2) is 8.42 Å². The third-order valence-corrected chi connectivity index (χ3v) is 7.21. The first-order valence-electron chi connectivity index (χ1n) is 8.97. The van der Waals surface area contributed by atoms with Gasteiger partial charge in [0.25, 0.3) is 0 Å². The summed E-state index contributed by atoms with van der Waals surface area (Å²) in [4.78, 5) is 24.6. The average Bonchev–Trinajstić information content (AvgIpc) is 2.99. The number of rotatable bonds is 7. The Kier molecular flexibility index (Phi) is 5.55. The van der Waals surface area contributed by atoms with E-state index in [2.05, 4.69) is 0 Å². The number of carbonyl (C=O) groups is 2. The van der Waals surface area contributed by atoms with Crippen LogP contribution in [0.1, 0.15) is 26.2 Å². The molecule has 27 heavy (non-hydrogen) atoms. The molecule has 1 saturated carbocycles. The van der Waals surface area contributed by atoms with Crippen molar-refractivity contribution < 1.29 is 27.9 Å². The van der Waals surface area contributed by atoms with Gasteiger partial charge in [-0.1, -0.05) is 0 Å². The molecule has 2 fully saturated rings. The molecule has 8 nitrogen and oxygen atoms in total. The Morgan fingerprint density at radius 3 is 2.44 bits per heavy atom. The molecular weight excluding hydrogens is 372 g/mol. The molecule has 0 spiro atoms. The molecule has 1 aliphatic heterocycles. The number of ether oxygens (including phenoxy) is 1. The van der Waals surface area contributed by atoms with E-state index in [0.29, 0.717) is 25.1 Å². The van der Waals surface area contributed by atoms with Gasteiger partial charge in [-0.15, -0.1) is 0 Å². The molecule has 1 aromatic carbocycles. The SMILES string of the molecule is CCOC1CC(N(C)S(=O)(=O)c2ccc(N3CC(C(=O)O)CC3=O)cc2)C1. The summed E-state index contributed by atoms with van der Waals surface area (Å²) in [7, 11) is -2.07. The molecule has 1 aromatic rings. The van der Waals surface area contributed by atoms with Crippen LogP contribution >= 0.6 is 0 Å². The smallest absolute Gasteiger partial charge is 0.308 e. The second-order valence-electron chi connectivity index (χ2n) is 6.96. The number of nitrogens with zero attached hydrogens (tertiary/aromatic N) is 2. The lowest BCUT2D eigenvalue weighted by atomic mass is 9.89. The number of carbonyl (C=O) groups excluding carboxylic acids is 1.